The summed E-state index contributed by atoms with van der Waals surface area (Å²) in [5, 5.41) is 21.3. The van der Waals surface area contributed by atoms with Crippen molar-refractivity contribution in [1.29, 1.82) is 0 Å². The predicted octanol–water partition coefficient (Wildman–Crippen LogP) is 1.05. The molecular weight excluding hydrogens is 344 g/mol. The number of aromatic nitrogens is 2. The molecule has 2 heterocycles. The van der Waals surface area contributed by atoms with Gasteiger partial charge in [0.05, 0.1) is 4.92 Å². The van der Waals surface area contributed by atoms with Crippen molar-refractivity contribution < 1.29 is 14.6 Å². The van der Waals surface area contributed by atoms with Crippen molar-refractivity contribution in [2.24, 2.45) is 0 Å². The van der Waals surface area contributed by atoms with Gasteiger partial charge >= 0.3 is 5.82 Å². The Morgan fingerprint density at radius 1 is 1.04 bits per heavy atom. The molecule has 0 bridgehead atoms. The van der Waals surface area contributed by atoms with Gasteiger partial charge in [-0.05, 0) is 22.0 Å². The van der Waals surface area contributed by atoms with Gasteiger partial charge in [-0.2, -0.15) is 0 Å². The first-order chi connectivity index (χ1) is 12.4. The molecule has 26 heavy (non-hydrogen) atoms. The predicted molar refractivity (Wildman–Crippen MR) is 90.8 cm³/mol. The first-order valence-electron chi connectivity index (χ1n) is 7.87. The maximum absolute atomic E-state index is 12.3. The Hall–Kier alpha value is -3.50. The van der Waals surface area contributed by atoms with E-state index in [4.69, 9.17) is 0 Å². The summed E-state index contributed by atoms with van der Waals surface area (Å²) >= 11 is 0. The fraction of sp³-hybridized carbons (Fsp3) is 0.333. The average molecular weight is 360 g/mol. The molecule has 0 unspecified atom stereocenters. The van der Waals surface area contributed by atoms with E-state index in [9.17, 15) is 25.0 Å². The van der Waals surface area contributed by atoms with Crippen molar-refractivity contribution >= 4 is 23.1 Å². The second-order valence-corrected chi connectivity index (χ2v) is 5.80. The molecule has 3 rings (SSSR count). The molecule has 1 aliphatic rings. The number of benzene rings is 1. The number of anilines is 1. The highest BCUT2D eigenvalue weighted by atomic mass is 16.6. The SMILES string of the molecule is O=C(Cn1cnc([N+](=O)[O-])c1)N1CCN(c2ccc([N+](=O)[O-])cc2)CC1. The lowest BCUT2D eigenvalue weighted by Crippen LogP contribution is -2.49. The Bertz CT molecular complexity index is 825. The van der Waals surface area contributed by atoms with E-state index in [0.717, 1.165) is 5.69 Å². The zero-order chi connectivity index (χ0) is 18.7. The van der Waals surface area contributed by atoms with Crippen molar-refractivity contribution in [3.8, 4) is 0 Å². The Labute approximate surface area is 147 Å². The number of hydrogen-bond acceptors (Lipinski definition) is 7. The van der Waals surface area contributed by atoms with Crippen LogP contribution in [0.15, 0.2) is 36.8 Å². The number of hydrogen-bond donors (Lipinski definition) is 0. The van der Waals surface area contributed by atoms with Crippen molar-refractivity contribution in [2.75, 3.05) is 31.1 Å². The van der Waals surface area contributed by atoms with E-state index in [1.165, 1.54) is 29.2 Å². The normalized spacial score (nSPS) is 14.3. The minimum Gasteiger partial charge on any atom is -0.368 e. The molecular formula is C15H16N6O5. The largest absolute Gasteiger partial charge is 0.381 e. The number of carbonyl (C=O) groups is 1. The van der Waals surface area contributed by atoms with Crippen LogP contribution < -0.4 is 4.90 Å². The number of amides is 1. The van der Waals surface area contributed by atoms with E-state index >= 15 is 0 Å². The molecule has 0 radical (unpaired) electrons. The van der Waals surface area contributed by atoms with Crippen molar-refractivity contribution in [3.05, 3.63) is 57.0 Å². The van der Waals surface area contributed by atoms with Gasteiger partial charge in [0.1, 0.15) is 12.7 Å². The van der Waals surface area contributed by atoms with Crippen LogP contribution in [0.5, 0.6) is 0 Å². The molecule has 0 saturated carbocycles. The van der Waals surface area contributed by atoms with Gasteiger partial charge in [0.2, 0.25) is 12.2 Å². The van der Waals surface area contributed by atoms with Gasteiger partial charge in [-0.1, -0.05) is 0 Å². The first kappa shape index (κ1) is 17.3. The standard InChI is InChI=1S/C15H16N6O5/c22-15(10-17-9-14(16-11-17)21(25)26)19-7-5-18(6-8-19)12-1-3-13(4-2-12)20(23)24/h1-4,9,11H,5-8,10H2. The maximum Gasteiger partial charge on any atom is 0.381 e. The molecule has 1 aromatic heterocycles. The van der Waals surface area contributed by atoms with Crippen molar-refractivity contribution in [1.82, 2.24) is 14.5 Å². The molecule has 136 valence electrons. The van der Waals surface area contributed by atoms with Gasteiger partial charge in [-0.15, -0.1) is 0 Å². The Balaban J connectivity index is 1.54. The second-order valence-electron chi connectivity index (χ2n) is 5.80. The third-order valence-electron chi connectivity index (χ3n) is 4.18. The van der Waals surface area contributed by atoms with Crippen molar-refractivity contribution in [3.63, 3.8) is 0 Å². The highest BCUT2D eigenvalue weighted by Crippen LogP contribution is 2.20. The summed E-state index contributed by atoms with van der Waals surface area (Å²) in [6.07, 6.45) is 2.49. The number of nitro benzene ring substituents is 1. The molecule has 2 aromatic rings. The van der Waals surface area contributed by atoms with E-state index in [1.807, 2.05) is 0 Å². The molecule has 1 aromatic carbocycles. The summed E-state index contributed by atoms with van der Waals surface area (Å²) in [5.41, 5.74) is 0.907. The highest BCUT2D eigenvalue weighted by Gasteiger charge is 2.22. The van der Waals surface area contributed by atoms with Crippen LogP contribution in [-0.4, -0.2) is 56.4 Å². The molecule has 0 N–H and O–H groups in total. The van der Waals surface area contributed by atoms with Gasteiger partial charge in [0, 0.05) is 44.0 Å². The van der Waals surface area contributed by atoms with Crippen LogP contribution in [0.25, 0.3) is 0 Å². The second kappa shape index (κ2) is 7.17. The van der Waals surface area contributed by atoms with Crippen LogP contribution in [0.2, 0.25) is 0 Å². The summed E-state index contributed by atoms with van der Waals surface area (Å²) in [4.78, 5) is 40.0. The third-order valence-corrected chi connectivity index (χ3v) is 4.18. The van der Waals surface area contributed by atoms with E-state index in [2.05, 4.69) is 9.88 Å². The summed E-state index contributed by atoms with van der Waals surface area (Å²) in [6.45, 7) is 2.22. The maximum atomic E-state index is 12.3. The Morgan fingerprint density at radius 3 is 2.23 bits per heavy atom. The Kier molecular flexibility index (Phi) is 4.78. The van der Waals surface area contributed by atoms with Crippen LogP contribution in [0.4, 0.5) is 17.2 Å². The lowest BCUT2D eigenvalue weighted by Gasteiger charge is -2.36. The number of nitro groups is 2. The number of carbonyl (C=O) groups excluding carboxylic acids is 1. The number of non-ortho nitro benzene ring substituents is 1. The summed E-state index contributed by atoms with van der Waals surface area (Å²) in [5.74, 6) is -0.429. The fourth-order valence-electron chi connectivity index (χ4n) is 2.78. The molecule has 11 heteroatoms. The minimum absolute atomic E-state index is 0.00162. The molecule has 1 saturated heterocycles. The first-order valence-corrected chi connectivity index (χ1v) is 7.87. The number of rotatable bonds is 5. The summed E-state index contributed by atoms with van der Waals surface area (Å²) in [6, 6.07) is 6.30. The van der Waals surface area contributed by atoms with Crippen LogP contribution in [0, 0.1) is 20.2 Å². The Morgan fingerprint density at radius 2 is 1.69 bits per heavy atom. The number of nitrogens with zero attached hydrogens (tertiary/aromatic N) is 6. The van der Waals surface area contributed by atoms with Crippen LogP contribution in [0.3, 0.4) is 0 Å². The van der Waals surface area contributed by atoms with Crippen LogP contribution >= 0.6 is 0 Å². The number of piperazine rings is 1. The lowest BCUT2D eigenvalue weighted by molar-refractivity contribution is -0.389. The number of imidazole rings is 1. The van der Waals surface area contributed by atoms with E-state index in [-0.39, 0.29) is 24.0 Å². The molecule has 0 aliphatic carbocycles. The molecule has 0 atom stereocenters. The average Bonchev–Trinajstić information content (AvgIpc) is 3.11. The van der Waals surface area contributed by atoms with E-state index in [1.54, 1.807) is 17.0 Å². The fourth-order valence-corrected chi connectivity index (χ4v) is 2.78. The van der Waals surface area contributed by atoms with Crippen molar-refractivity contribution in [2.45, 2.75) is 6.54 Å². The molecule has 1 fully saturated rings. The van der Waals surface area contributed by atoms with Crippen LogP contribution in [-0.2, 0) is 11.3 Å². The summed E-state index contributed by atoms with van der Waals surface area (Å²) in [7, 11) is 0. The highest BCUT2D eigenvalue weighted by molar-refractivity contribution is 5.76. The molecule has 11 nitrogen and oxygen atoms in total. The smallest absolute Gasteiger partial charge is 0.368 e. The van der Waals surface area contributed by atoms with Gasteiger partial charge in [-0.25, -0.2) is 0 Å². The van der Waals surface area contributed by atoms with Gasteiger partial charge in [0.25, 0.3) is 5.69 Å². The zero-order valence-corrected chi connectivity index (χ0v) is 13.7. The summed E-state index contributed by atoms with van der Waals surface area (Å²) < 4.78 is 1.39. The molecule has 1 aliphatic heterocycles. The van der Waals surface area contributed by atoms with E-state index in [0.29, 0.717) is 26.2 Å². The monoisotopic (exact) mass is 360 g/mol. The zero-order valence-electron chi connectivity index (χ0n) is 13.7. The van der Waals surface area contributed by atoms with Gasteiger partial charge in [-0.3, -0.25) is 14.9 Å². The third kappa shape index (κ3) is 3.77. The topological polar surface area (TPSA) is 128 Å². The van der Waals surface area contributed by atoms with Gasteiger partial charge in [0.15, 0.2) is 0 Å². The van der Waals surface area contributed by atoms with E-state index < -0.39 is 9.85 Å². The minimum atomic E-state index is -0.607. The van der Waals surface area contributed by atoms with Gasteiger partial charge < -0.3 is 24.5 Å². The lowest BCUT2D eigenvalue weighted by atomic mass is 10.2. The molecule has 0 spiro atoms. The van der Waals surface area contributed by atoms with Crippen LogP contribution in [0.1, 0.15) is 0 Å². The quantitative estimate of drug-likeness (QED) is 0.576. The molecule has 1 amide bonds.